The number of anilines is 1. The summed E-state index contributed by atoms with van der Waals surface area (Å²) in [5, 5.41) is 0. The highest BCUT2D eigenvalue weighted by molar-refractivity contribution is 6.28. The van der Waals surface area contributed by atoms with E-state index in [1.807, 2.05) is 6.08 Å². The minimum absolute atomic E-state index is 0.0654. The molecule has 0 aliphatic heterocycles. The van der Waals surface area contributed by atoms with Crippen molar-refractivity contribution in [1.82, 2.24) is 9.97 Å². The highest BCUT2D eigenvalue weighted by Crippen LogP contribution is 2.44. The minimum atomic E-state index is -0.357. The van der Waals surface area contributed by atoms with Gasteiger partial charge in [-0.3, -0.25) is 4.79 Å². The van der Waals surface area contributed by atoms with Gasteiger partial charge in [-0.15, -0.1) is 0 Å². The summed E-state index contributed by atoms with van der Waals surface area (Å²) in [6.45, 7) is 0. The van der Waals surface area contributed by atoms with Gasteiger partial charge in [-0.2, -0.15) is 0 Å². The van der Waals surface area contributed by atoms with Gasteiger partial charge in [0.2, 0.25) is 5.95 Å². The minimum Gasteiger partial charge on any atom is -0.500 e. The Bertz CT molecular complexity index is 930. The topological polar surface area (TPSA) is 78.1 Å². The van der Waals surface area contributed by atoms with E-state index in [0.29, 0.717) is 40.1 Å². The normalized spacial score (nSPS) is 15.9. The molecule has 4 rings (SSSR count). The smallest absolute Gasteiger partial charge is 0.221 e. The van der Waals surface area contributed by atoms with E-state index in [2.05, 4.69) is 9.97 Å². The van der Waals surface area contributed by atoms with E-state index in [9.17, 15) is 9.18 Å². The molecule has 2 aromatic rings. The fraction of sp³-hybridized carbons (Fsp3) is 0.167. The molecule has 0 radical (unpaired) electrons. The molecule has 1 heterocycles. The number of aromatic nitrogens is 2. The van der Waals surface area contributed by atoms with Crippen LogP contribution >= 0.6 is 0 Å². The number of nitrogens with zero attached hydrogens (tertiary/aromatic N) is 2. The number of carbonyl (C=O) groups is 1. The van der Waals surface area contributed by atoms with Gasteiger partial charge in [0.25, 0.3) is 0 Å². The molecule has 0 atom stereocenters. The molecule has 0 saturated carbocycles. The molecular weight excluding hydrogens is 309 g/mol. The first-order chi connectivity index (χ1) is 11.6. The average Bonchev–Trinajstić information content (AvgIpc) is 2.88. The van der Waals surface area contributed by atoms with E-state index >= 15 is 0 Å². The summed E-state index contributed by atoms with van der Waals surface area (Å²) < 4.78 is 18.7. The lowest BCUT2D eigenvalue weighted by atomic mass is 9.97. The number of carbonyl (C=O) groups excluding carboxylic acids is 1. The van der Waals surface area contributed by atoms with Crippen LogP contribution in [0.25, 0.3) is 16.8 Å². The monoisotopic (exact) mass is 323 g/mol. The lowest BCUT2D eigenvalue weighted by molar-refractivity contribution is 0.104. The standard InChI is InChI=1S/C18H14FN3O2/c1-24-12-4-2-3-11-13(12)16-14(17(11)23)15(21-18(20)22-16)9-5-7-10(19)8-6-9/h3,5-8H,2,4H2,1H3,(H2,20,21,22). The highest BCUT2D eigenvalue weighted by atomic mass is 19.1. The summed E-state index contributed by atoms with van der Waals surface area (Å²) >= 11 is 0. The zero-order valence-corrected chi connectivity index (χ0v) is 13.0. The van der Waals surface area contributed by atoms with Crippen LogP contribution in [0.5, 0.6) is 0 Å². The van der Waals surface area contributed by atoms with Crippen LogP contribution in [-0.2, 0) is 4.74 Å². The number of Topliss-reactive ketones (excluding diaryl/α,β-unsaturated/α-hetero) is 1. The Hall–Kier alpha value is -3.02. The molecular formula is C18H14FN3O2. The first-order valence-corrected chi connectivity index (χ1v) is 7.56. The van der Waals surface area contributed by atoms with E-state index in [1.54, 1.807) is 19.2 Å². The molecule has 0 saturated heterocycles. The molecule has 120 valence electrons. The molecule has 2 aliphatic carbocycles. The summed E-state index contributed by atoms with van der Waals surface area (Å²) in [5.41, 5.74) is 9.07. The maximum Gasteiger partial charge on any atom is 0.221 e. The van der Waals surface area contributed by atoms with Crippen LogP contribution in [0.4, 0.5) is 10.3 Å². The second-order valence-corrected chi connectivity index (χ2v) is 5.65. The van der Waals surface area contributed by atoms with E-state index in [-0.39, 0.29) is 17.5 Å². The Labute approximate surface area is 137 Å². The average molecular weight is 323 g/mol. The van der Waals surface area contributed by atoms with Crippen LogP contribution in [0.1, 0.15) is 28.9 Å². The van der Waals surface area contributed by atoms with Crippen LogP contribution < -0.4 is 5.73 Å². The third-order valence-electron chi connectivity index (χ3n) is 4.27. The third kappa shape index (κ3) is 2.03. The van der Waals surface area contributed by atoms with Gasteiger partial charge in [-0.25, -0.2) is 14.4 Å². The SMILES string of the molecule is COC1=C2C(=CCC1)C(=O)c1c2nc(N)nc1-c1ccc(F)cc1. The fourth-order valence-corrected chi connectivity index (χ4v) is 3.22. The number of hydrogen-bond acceptors (Lipinski definition) is 5. The molecule has 0 spiro atoms. The number of allylic oxidation sites excluding steroid dienone is 4. The first-order valence-electron chi connectivity index (χ1n) is 7.56. The quantitative estimate of drug-likeness (QED) is 0.918. The fourth-order valence-electron chi connectivity index (χ4n) is 3.22. The highest BCUT2D eigenvalue weighted by Gasteiger charge is 2.38. The van der Waals surface area contributed by atoms with Crippen molar-refractivity contribution in [1.29, 1.82) is 0 Å². The molecule has 24 heavy (non-hydrogen) atoms. The van der Waals surface area contributed by atoms with Crippen LogP contribution in [0.3, 0.4) is 0 Å². The lowest BCUT2D eigenvalue weighted by Crippen LogP contribution is -2.05. The van der Waals surface area contributed by atoms with Gasteiger partial charge in [0, 0.05) is 23.1 Å². The third-order valence-corrected chi connectivity index (χ3v) is 4.27. The number of halogens is 1. The van der Waals surface area contributed by atoms with Gasteiger partial charge >= 0.3 is 0 Å². The van der Waals surface area contributed by atoms with E-state index in [0.717, 1.165) is 12.2 Å². The summed E-state index contributed by atoms with van der Waals surface area (Å²) in [5.74, 6) is 0.288. The number of ketones is 1. The number of nitrogens with two attached hydrogens (primary N) is 1. The molecule has 0 bridgehead atoms. The summed E-state index contributed by atoms with van der Waals surface area (Å²) in [6.07, 6.45) is 3.33. The van der Waals surface area contributed by atoms with Crippen molar-refractivity contribution in [3.63, 3.8) is 0 Å². The molecule has 6 heteroatoms. The molecule has 1 aromatic carbocycles. The van der Waals surface area contributed by atoms with Crippen molar-refractivity contribution >= 4 is 17.3 Å². The van der Waals surface area contributed by atoms with Gasteiger partial charge < -0.3 is 10.5 Å². The molecule has 2 N–H and O–H groups in total. The Balaban J connectivity index is 2.02. The largest absolute Gasteiger partial charge is 0.500 e. The van der Waals surface area contributed by atoms with Crippen molar-refractivity contribution in [3.05, 3.63) is 58.7 Å². The maximum atomic E-state index is 13.2. The van der Waals surface area contributed by atoms with E-state index < -0.39 is 0 Å². The van der Waals surface area contributed by atoms with Crippen molar-refractivity contribution in [2.75, 3.05) is 12.8 Å². The maximum absolute atomic E-state index is 13.2. The number of fused-ring (bicyclic) bond motifs is 3. The number of ether oxygens (including phenoxy) is 1. The molecule has 2 aliphatic rings. The number of hydrogen-bond donors (Lipinski definition) is 1. The van der Waals surface area contributed by atoms with Gasteiger partial charge in [0.15, 0.2) is 5.78 Å². The van der Waals surface area contributed by atoms with Gasteiger partial charge in [-0.05, 0) is 30.7 Å². The molecule has 1 aromatic heterocycles. The Kier molecular flexibility index (Phi) is 3.19. The zero-order valence-electron chi connectivity index (χ0n) is 13.0. The summed E-state index contributed by atoms with van der Waals surface area (Å²) in [6, 6.07) is 5.80. The second kappa shape index (κ2) is 5.26. The Morgan fingerprint density at radius 2 is 1.88 bits per heavy atom. The van der Waals surface area contributed by atoms with Crippen molar-refractivity contribution in [2.24, 2.45) is 0 Å². The van der Waals surface area contributed by atoms with Crippen LogP contribution in [0, 0.1) is 5.82 Å². The van der Waals surface area contributed by atoms with Crippen LogP contribution in [-0.4, -0.2) is 22.9 Å². The lowest BCUT2D eigenvalue weighted by Gasteiger charge is -2.14. The molecule has 0 amide bonds. The molecule has 0 fully saturated rings. The summed E-state index contributed by atoms with van der Waals surface area (Å²) in [7, 11) is 1.58. The second-order valence-electron chi connectivity index (χ2n) is 5.65. The Morgan fingerprint density at radius 3 is 2.58 bits per heavy atom. The number of nitrogen functional groups attached to an aromatic ring is 1. The number of methoxy groups -OCH3 is 1. The zero-order chi connectivity index (χ0) is 16.8. The van der Waals surface area contributed by atoms with Gasteiger partial charge in [0.05, 0.1) is 24.1 Å². The number of benzene rings is 1. The van der Waals surface area contributed by atoms with Gasteiger partial charge in [0.1, 0.15) is 11.6 Å². The predicted molar refractivity (Wildman–Crippen MR) is 87.4 cm³/mol. The van der Waals surface area contributed by atoms with Crippen LogP contribution in [0.15, 0.2) is 41.7 Å². The van der Waals surface area contributed by atoms with Crippen LogP contribution in [0.2, 0.25) is 0 Å². The molecule has 5 nitrogen and oxygen atoms in total. The molecule has 0 unspecified atom stereocenters. The predicted octanol–water partition coefficient (Wildman–Crippen LogP) is 3.14. The first kappa shape index (κ1) is 14.6. The Morgan fingerprint density at radius 1 is 1.17 bits per heavy atom. The summed E-state index contributed by atoms with van der Waals surface area (Å²) in [4.78, 5) is 21.4. The van der Waals surface area contributed by atoms with Gasteiger partial charge in [-0.1, -0.05) is 6.08 Å². The van der Waals surface area contributed by atoms with E-state index in [4.69, 9.17) is 10.5 Å². The van der Waals surface area contributed by atoms with Crippen molar-refractivity contribution in [3.8, 4) is 11.3 Å². The van der Waals surface area contributed by atoms with E-state index in [1.165, 1.54) is 12.1 Å². The van der Waals surface area contributed by atoms with Crippen molar-refractivity contribution in [2.45, 2.75) is 12.8 Å². The van der Waals surface area contributed by atoms with Crippen molar-refractivity contribution < 1.29 is 13.9 Å². The number of rotatable bonds is 2.